The zero-order valence-corrected chi connectivity index (χ0v) is 8.26. The van der Waals surface area contributed by atoms with Crippen LogP contribution in [-0.2, 0) is 10.9 Å². The highest BCUT2D eigenvalue weighted by Gasteiger charge is 2.33. The molecule has 0 aliphatic carbocycles. The number of carbonyl (C=O) groups excluding carboxylic acids is 1. The Labute approximate surface area is 89.2 Å². The lowest BCUT2D eigenvalue weighted by Crippen LogP contribution is -2.13. The minimum atomic E-state index is -4.56. The van der Waals surface area contributed by atoms with E-state index in [4.69, 9.17) is 5.73 Å². The summed E-state index contributed by atoms with van der Waals surface area (Å²) >= 11 is 0. The molecule has 4 nitrogen and oxygen atoms in total. The monoisotopic (exact) mass is 234 g/mol. The first-order valence-electron chi connectivity index (χ1n) is 4.16. The molecule has 88 valence electrons. The summed E-state index contributed by atoms with van der Waals surface area (Å²) < 4.78 is 41.5. The summed E-state index contributed by atoms with van der Waals surface area (Å²) in [7, 11) is 1.11. The van der Waals surface area contributed by atoms with E-state index >= 15 is 0 Å². The van der Waals surface area contributed by atoms with Crippen molar-refractivity contribution in [1.82, 2.24) is 0 Å². The van der Waals surface area contributed by atoms with Crippen LogP contribution in [0.15, 0.2) is 18.2 Å². The molecule has 7 heteroatoms. The third kappa shape index (κ3) is 2.78. The van der Waals surface area contributed by atoms with E-state index < -0.39 is 23.5 Å². The normalized spacial score (nSPS) is 11.0. The van der Waals surface area contributed by atoms with Gasteiger partial charge in [0.15, 0.2) is 0 Å². The van der Waals surface area contributed by atoms with Gasteiger partial charge in [-0.25, -0.2) is 4.79 Å². The smallest absolute Gasteiger partial charge is 0.418 e. The number of amides is 1. The van der Waals surface area contributed by atoms with Gasteiger partial charge in [-0.2, -0.15) is 13.2 Å². The molecule has 0 heterocycles. The number of benzene rings is 1. The third-order valence-electron chi connectivity index (χ3n) is 1.79. The molecule has 1 amide bonds. The predicted octanol–water partition coefficient (Wildman–Crippen LogP) is 2.47. The molecule has 0 atom stereocenters. The van der Waals surface area contributed by atoms with E-state index in [0.29, 0.717) is 0 Å². The van der Waals surface area contributed by atoms with Gasteiger partial charge >= 0.3 is 12.3 Å². The number of ether oxygens (including phenoxy) is 1. The van der Waals surface area contributed by atoms with Gasteiger partial charge in [-0.1, -0.05) is 0 Å². The summed E-state index contributed by atoms with van der Waals surface area (Å²) in [4.78, 5) is 10.8. The second-order valence-electron chi connectivity index (χ2n) is 2.92. The zero-order valence-electron chi connectivity index (χ0n) is 8.26. The number of hydrogen-bond acceptors (Lipinski definition) is 3. The summed E-state index contributed by atoms with van der Waals surface area (Å²) in [5.74, 6) is 0. The van der Waals surface area contributed by atoms with Gasteiger partial charge in [0.25, 0.3) is 0 Å². The lowest BCUT2D eigenvalue weighted by Gasteiger charge is -2.11. The molecule has 0 saturated heterocycles. The molecule has 0 aliphatic rings. The van der Waals surface area contributed by atoms with E-state index in [0.717, 1.165) is 19.2 Å². The molecule has 3 N–H and O–H groups in total. The third-order valence-corrected chi connectivity index (χ3v) is 1.79. The highest BCUT2D eigenvalue weighted by Crippen LogP contribution is 2.35. The lowest BCUT2D eigenvalue weighted by molar-refractivity contribution is -0.136. The van der Waals surface area contributed by atoms with Crippen molar-refractivity contribution in [3.63, 3.8) is 0 Å². The maximum Gasteiger partial charge on any atom is 0.418 e. The molecular weight excluding hydrogens is 225 g/mol. The first-order valence-corrected chi connectivity index (χ1v) is 4.16. The van der Waals surface area contributed by atoms with Crippen LogP contribution in [0.4, 0.5) is 29.3 Å². The number of nitrogens with one attached hydrogen (secondary N) is 1. The Bertz CT molecular complexity index is 404. The number of methoxy groups -OCH3 is 1. The van der Waals surface area contributed by atoms with Crippen LogP contribution in [0, 0.1) is 0 Å². The van der Waals surface area contributed by atoms with Crippen LogP contribution < -0.4 is 11.1 Å². The van der Waals surface area contributed by atoms with Gasteiger partial charge < -0.3 is 10.5 Å². The molecule has 0 saturated carbocycles. The van der Waals surface area contributed by atoms with Crippen LogP contribution in [-0.4, -0.2) is 13.2 Å². The molecular formula is C9H9F3N2O2. The minimum absolute atomic E-state index is 0.0339. The van der Waals surface area contributed by atoms with E-state index in [1.807, 2.05) is 0 Å². The van der Waals surface area contributed by atoms with E-state index in [1.165, 1.54) is 6.07 Å². The topological polar surface area (TPSA) is 64.3 Å². The summed E-state index contributed by atoms with van der Waals surface area (Å²) in [6.45, 7) is 0. The molecule has 16 heavy (non-hydrogen) atoms. The van der Waals surface area contributed by atoms with Crippen molar-refractivity contribution in [1.29, 1.82) is 0 Å². The number of alkyl halides is 3. The fourth-order valence-corrected chi connectivity index (χ4v) is 1.05. The second kappa shape index (κ2) is 4.30. The van der Waals surface area contributed by atoms with Crippen LogP contribution in [0.25, 0.3) is 0 Å². The van der Waals surface area contributed by atoms with Gasteiger partial charge in [-0.15, -0.1) is 0 Å². The quantitative estimate of drug-likeness (QED) is 0.733. The molecule has 0 unspecified atom stereocenters. The summed E-state index contributed by atoms with van der Waals surface area (Å²) in [6.07, 6.45) is -5.41. The van der Waals surface area contributed by atoms with Crippen LogP contribution in [0.3, 0.4) is 0 Å². The van der Waals surface area contributed by atoms with E-state index in [2.05, 4.69) is 10.1 Å². The number of hydrogen-bond donors (Lipinski definition) is 2. The number of halogens is 3. The SMILES string of the molecule is COC(=O)Nc1ccc(N)c(C(F)(F)F)c1. The van der Waals surface area contributed by atoms with Crippen LogP contribution in [0.2, 0.25) is 0 Å². The fraction of sp³-hybridized carbons (Fsp3) is 0.222. The predicted molar refractivity (Wildman–Crippen MR) is 51.9 cm³/mol. The minimum Gasteiger partial charge on any atom is -0.453 e. The van der Waals surface area contributed by atoms with Crippen LogP contribution in [0.5, 0.6) is 0 Å². The summed E-state index contributed by atoms with van der Waals surface area (Å²) in [6, 6.07) is 3.06. The Balaban J connectivity index is 3.03. The Morgan fingerprint density at radius 1 is 1.44 bits per heavy atom. The zero-order chi connectivity index (χ0) is 12.3. The molecule has 1 aromatic carbocycles. The first-order chi connectivity index (χ1) is 7.34. The number of carbonyl (C=O) groups is 1. The van der Waals surface area contributed by atoms with Crippen molar-refractivity contribution in [3.8, 4) is 0 Å². The molecule has 0 radical (unpaired) electrons. The van der Waals surface area contributed by atoms with Crippen molar-refractivity contribution < 1.29 is 22.7 Å². The molecule has 0 spiro atoms. The van der Waals surface area contributed by atoms with Gasteiger partial charge in [-0.05, 0) is 18.2 Å². The Kier molecular flexibility index (Phi) is 3.26. The average Bonchev–Trinajstić information content (AvgIpc) is 2.19. The maximum atomic E-state index is 12.4. The number of nitrogen functional groups attached to an aromatic ring is 1. The summed E-state index contributed by atoms with van der Waals surface area (Å²) in [5.41, 5.74) is 3.74. The number of anilines is 2. The molecule has 1 aromatic rings. The van der Waals surface area contributed by atoms with Crippen molar-refractivity contribution in [3.05, 3.63) is 23.8 Å². The highest BCUT2D eigenvalue weighted by atomic mass is 19.4. The Morgan fingerprint density at radius 3 is 2.56 bits per heavy atom. The van der Waals surface area contributed by atoms with E-state index in [9.17, 15) is 18.0 Å². The van der Waals surface area contributed by atoms with Gasteiger partial charge in [0.05, 0.1) is 12.7 Å². The second-order valence-corrected chi connectivity index (χ2v) is 2.92. The number of nitrogens with two attached hydrogens (primary N) is 1. The Morgan fingerprint density at radius 2 is 2.06 bits per heavy atom. The average molecular weight is 234 g/mol. The molecule has 0 bridgehead atoms. The van der Waals surface area contributed by atoms with Gasteiger partial charge in [-0.3, -0.25) is 5.32 Å². The van der Waals surface area contributed by atoms with Crippen LogP contribution >= 0.6 is 0 Å². The van der Waals surface area contributed by atoms with Crippen molar-refractivity contribution in [2.45, 2.75) is 6.18 Å². The van der Waals surface area contributed by atoms with E-state index in [-0.39, 0.29) is 5.69 Å². The van der Waals surface area contributed by atoms with Crippen LogP contribution in [0.1, 0.15) is 5.56 Å². The lowest BCUT2D eigenvalue weighted by atomic mass is 10.1. The highest BCUT2D eigenvalue weighted by molar-refractivity contribution is 5.85. The maximum absolute atomic E-state index is 12.4. The summed E-state index contributed by atoms with van der Waals surface area (Å²) in [5, 5.41) is 2.11. The largest absolute Gasteiger partial charge is 0.453 e. The number of rotatable bonds is 1. The fourth-order valence-electron chi connectivity index (χ4n) is 1.05. The van der Waals surface area contributed by atoms with Gasteiger partial charge in [0.1, 0.15) is 0 Å². The van der Waals surface area contributed by atoms with Crippen molar-refractivity contribution in [2.24, 2.45) is 0 Å². The molecule has 1 rings (SSSR count). The Hall–Kier alpha value is -1.92. The molecule has 0 aromatic heterocycles. The van der Waals surface area contributed by atoms with Gasteiger partial charge in [0.2, 0.25) is 0 Å². The van der Waals surface area contributed by atoms with Crippen molar-refractivity contribution in [2.75, 3.05) is 18.2 Å². The van der Waals surface area contributed by atoms with Gasteiger partial charge in [0, 0.05) is 11.4 Å². The first kappa shape index (κ1) is 12.2. The standard InChI is InChI=1S/C9H9F3N2O2/c1-16-8(15)14-5-2-3-7(13)6(4-5)9(10,11)12/h2-4H,13H2,1H3,(H,14,15). The molecule has 0 fully saturated rings. The van der Waals surface area contributed by atoms with E-state index in [1.54, 1.807) is 0 Å². The molecule has 0 aliphatic heterocycles. The van der Waals surface area contributed by atoms with Crippen molar-refractivity contribution >= 4 is 17.5 Å².